The van der Waals surface area contributed by atoms with Crippen molar-refractivity contribution < 1.29 is 9.53 Å². The maximum atomic E-state index is 11.4. The van der Waals surface area contributed by atoms with Gasteiger partial charge in [-0.3, -0.25) is 4.98 Å². The van der Waals surface area contributed by atoms with Crippen molar-refractivity contribution in [2.24, 2.45) is 0 Å². The minimum absolute atomic E-state index is 0.316. The molecule has 2 rings (SSSR count). The number of aryl methyl sites for hydroxylation is 1. The van der Waals surface area contributed by atoms with Crippen molar-refractivity contribution in [2.75, 3.05) is 7.11 Å². The number of fused-ring (bicyclic) bond motifs is 1. The number of aromatic nitrogens is 1. The standard InChI is InChI=1S/C12H11NO2.C2H6/c1-8-6-10(12(14)15-2)7-9-4-3-5-13-11(8)9;1-2/h3-7H,1-2H3;1-2H3. The average Bonchev–Trinajstić information content (AvgIpc) is 2.40. The van der Waals surface area contributed by atoms with Crippen LogP contribution in [0.4, 0.5) is 0 Å². The normalized spacial score (nSPS) is 9.41. The SMILES string of the molecule is CC.COC(=O)c1cc(C)c2ncccc2c1. The predicted octanol–water partition coefficient (Wildman–Crippen LogP) is 3.36. The lowest BCUT2D eigenvalue weighted by Gasteiger charge is -2.04. The molecule has 0 unspecified atom stereocenters. The van der Waals surface area contributed by atoms with Gasteiger partial charge in [0.1, 0.15) is 0 Å². The summed E-state index contributed by atoms with van der Waals surface area (Å²) in [7, 11) is 1.38. The van der Waals surface area contributed by atoms with Gasteiger partial charge >= 0.3 is 5.97 Å². The fourth-order valence-corrected chi connectivity index (χ4v) is 1.61. The van der Waals surface area contributed by atoms with Crippen molar-refractivity contribution in [1.82, 2.24) is 4.98 Å². The van der Waals surface area contributed by atoms with E-state index in [0.29, 0.717) is 5.56 Å². The van der Waals surface area contributed by atoms with E-state index in [0.717, 1.165) is 16.5 Å². The maximum absolute atomic E-state index is 11.4. The molecule has 2 aromatic rings. The summed E-state index contributed by atoms with van der Waals surface area (Å²) < 4.78 is 4.68. The number of carbonyl (C=O) groups excluding carboxylic acids is 1. The van der Waals surface area contributed by atoms with E-state index in [-0.39, 0.29) is 5.97 Å². The third-order valence-corrected chi connectivity index (χ3v) is 2.32. The summed E-state index contributed by atoms with van der Waals surface area (Å²) >= 11 is 0. The number of rotatable bonds is 1. The first kappa shape index (κ1) is 13.2. The van der Waals surface area contributed by atoms with Crippen LogP contribution in [0.5, 0.6) is 0 Å². The van der Waals surface area contributed by atoms with Gasteiger partial charge in [-0.1, -0.05) is 19.9 Å². The third kappa shape index (κ3) is 2.81. The summed E-state index contributed by atoms with van der Waals surface area (Å²) in [4.78, 5) is 15.6. The van der Waals surface area contributed by atoms with Crippen molar-refractivity contribution >= 4 is 16.9 Å². The van der Waals surface area contributed by atoms with E-state index >= 15 is 0 Å². The number of carbonyl (C=O) groups is 1. The highest BCUT2D eigenvalue weighted by Gasteiger charge is 2.08. The molecule has 0 aliphatic rings. The van der Waals surface area contributed by atoms with E-state index in [1.165, 1.54) is 7.11 Å². The number of nitrogens with zero attached hydrogens (tertiary/aromatic N) is 1. The highest BCUT2D eigenvalue weighted by molar-refractivity contribution is 5.95. The summed E-state index contributed by atoms with van der Waals surface area (Å²) in [5.41, 5.74) is 2.47. The van der Waals surface area contributed by atoms with Gasteiger partial charge in [-0.15, -0.1) is 0 Å². The maximum Gasteiger partial charge on any atom is 0.337 e. The zero-order chi connectivity index (χ0) is 12.8. The molecule has 0 N–H and O–H groups in total. The monoisotopic (exact) mass is 231 g/mol. The largest absolute Gasteiger partial charge is 0.465 e. The summed E-state index contributed by atoms with van der Waals surface area (Å²) in [6.07, 6.45) is 1.74. The minimum atomic E-state index is -0.316. The first-order chi connectivity index (χ1) is 8.22. The van der Waals surface area contributed by atoms with Crippen LogP contribution < -0.4 is 0 Å². The third-order valence-electron chi connectivity index (χ3n) is 2.32. The van der Waals surface area contributed by atoms with Crippen LogP contribution in [0.3, 0.4) is 0 Å². The van der Waals surface area contributed by atoms with Gasteiger partial charge < -0.3 is 4.74 Å². The van der Waals surface area contributed by atoms with Crippen LogP contribution in [-0.2, 0) is 4.74 Å². The lowest BCUT2D eigenvalue weighted by Crippen LogP contribution is -2.01. The second-order valence-electron chi connectivity index (χ2n) is 3.36. The summed E-state index contributed by atoms with van der Waals surface area (Å²) in [5, 5.41) is 0.956. The number of pyridine rings is 1. The average molecular weight is 231 g/mol. The Bertz CT molecular complexity index is 521. The Kier molecular flexibility index (Phi) is 4.64. The van der Waals surface area contributed by atoms with Crippen LogP contribution in [0.2, 0.25) is 0 Å². The van der Waals surface area contributed by atoms with E-state index < -0.39 is 0 Å². The van der Waals surface area contributed by atoms with Crippen molar-refractivity contribution in [2.45, 2.75) is 20.8 Å². The molecule has 3 heteroatoms. The Balaban J connectivity index is 0.000000686. The van der Waals surface area contributed by atoms with E-state index in [1.807, 2.05) is 32.9 Å². The van der Waals surface area contributed by atoms with E-state index in [4.69, 9.17) is 0 Å². The second-order valence-corrected chi connectivity index (χ2v) is 3.36. The van der Waals surface area contributed by atoms with Crippen molar-refractivity contribution in [3.63, 3.8) is 0 Å². The van der Waals surface area contributed by atoms with Gasteiger partial charge in [-0.25, -0.2) is 4.79 Å². The molecule has 0 saturated carbocycles. The number of ether oxygens (including phenoxy) is 1. The zero-order valence-corrected chi connectivity index (χ0v) is 10.7. The lowest BCUT2D eigenvalue weighted by atomic mass is 10.1. The molecule has 0 amide bonds. The van der Waals surface area contributed by atoms with Gasteiger partial charge in [0.25, 0.3) is 0 Å². The Labute approximate surface area is 101 Å². The van der Waals surface area contributed by atoms with Gasteiger partial charge in [0.15, 0.2) is 0 Å². The number of hydrogen-bond acceptors (Lipinski definition) is 3. The first-order valence-corrected chi connectivity index (χ1v) is 5.66. The molecule has 0 spiro atoms. The molecule has 0 aliphatic carbocycles. The number of hydrogen-bond donors (Lipinski definition) is 0. The van der Waals surface area contributed by atoms with Crippen molar-refractivity contribution in [3.8, 4) is 0 Å². The number of methoxy groups -OCH3 is 1. The molecule has 0 radical (unpaired) electrons. The molecule has 1 heterocycles. The molecule has 1 aromatic carbocycles. The van der Waals surface area contributed by atoms with Crippen LogP contribution in [0.1, 0.15) is 29.8 Å². The molecule has 0 aliphatic heterocycles. The molecule has 90 valence electrons. The van der Waals surface area contributed by atoms with Crippen LogP contribution in [-0.4, -0.2) is 18.1 Å². The summed E-state index contributed by atoms with van der Waals surface area (Å²) in [5.74, 6) is -0.316. The summed E-state index contributed by atoms with van der Waals surface area (Å²) in [6, 6.07) is 7.37. The van der Waals surface area contributed by atoms with Gasteiger partial charge in [0, 0.05) is 11.6 Å². The van der Waals surface area contributed by atoms with Crippen LogP contribution >= 0.6 is 0 Å². The molecular weight excluding hydrogens is 214 g/mol. The van der Waals surface area contributed by atoms with E-state index in [9.17, 15) is 4.79 Å². The first-order valence-electron chi connectivity index (χ1n) is 5.66. The van der Waals surface area contributed by atoms with Gasteiger partial charge in [-0.2, -0.15) is 0 Å². The highest BCUT2D eigenvalue weighted by atomic mass is 16.5. The minimum Gasteiger partial charge on any atom is -0.465 e. The van der Waals surface area contributed by atoms with Crippen LogP contribution in [0.15, 0.2) is 30.5 Å². The molecule has 17 heavy (non-hydrogen) atoms. The molecule has 0 saturated heterocycles. The lowest BCUT2D eigenvalue weighted by molar-refractivity contribution is 0.0601. The van der Waals surface area contributed by atoms with Gasteiger partial charge in [0.05, 0.1) is 18.2 Å². The molecular formula is C14H17NO2. The van der Waals surface area contributed by atoms with Gasteiger partial charge in [-0.05, 0) is 30.7 Å². The second kappa shape index (κ2) is 5.99. The zero-order valence-electron chi connectivity index (χ0n) is 10.7. The molecule has 0 atom stereocenters. The van der Waals surface area contributed by atoms with Crippen molar-refractivity contribution in [1.29, 1.82) is 0 Å². The molecule has 0 fully saturated rings. The van der Waals surface area contributed by atoms with Gasteiger partial charge in [0.2, 0.25) is 0 Å². The summed E-state index contributed by atoms with van der Waals surface area (Å²) in [6.45, 7) is 5.93. The highest BCUT2D eigenvalue weighted by Crippen LogP contribution is 2.18. The van der Waals surface area contributed by atoms with Crippen LogP contribution in [0.25, 0.3) is 10.9 Å². The van der Waals surface area contributed by atoms with E-state index in [2.05, 4.69) is 9.72 Å². The van der Waals surface area contributed by atoms with Crippen LogP contribution in [0, 0.1) is 6.92 Å². The number of esters is 1. The van der Waals surface area contributed by atoms with E-state index in [1.54, 1.807) is 18.3 Å². The fraction of sp³-hybridized carbons (Fsp3) is 0.286. The number of benzene rings is 1. The quantitative estimate of drug-likeness (QED) is 0.706. The Hall–Kier alpha value is -1.90. The Morgan fingerprint density at radius 3 is 2.65 bits per heavy atom. The molecule has 1 aromatic heterocycles. The smallest absolute Gasteiger partial charge is 0.337 e. The Morgan fingerprint density at radius 1 is 1.29 bits per heavy atom. The fourth-order valence-electron chi connectivity index (χ4n) is 1.61. The molecule has 0 bridgehead atoms. The Morgan fingerprint density at radius 2 is 2.00 bits per heavy atom. The molecule has 3 nitrogen and oxygen atoms in total. The van der Waals surface area contributed by atoms with Crippen molar-refractivity contribution in [3.05, 3.63) is 41.6 Å². The topological polar surface area (TPSA) is 39.2 Å². The predicted molar refractivity (Wildman–Crippen MR) is 69.2 cm³/mol.